The van der Waals surface area contributed by atoms with Crippen LogP contribution in [0.4, 0.5) is 11.9 Å². The third-order valence-electron chi connectivity index (χ3n) is 2.17. The molecule has 0 amide bonds. The fourth-order valence-corrected chi connectivity index (χ4v) is 1.62. The molecule has 0 aliphatic heterocycles. The first-order chi connectivity index (χ1) is 8.19. The van der Waals surface area contributed by atoms with Gasteiger partial charge >= 0.3 is 0 Å². The van der Waals surface area contributed by atoms with E-state index in [0.29, 0.717) is 18.5 Å². The second kappa shape index (κ2) is 7.24. The van der Waals surface area contributed by atoms with Gasteiger partial charge in [0.25, 0.3) is 0 Å². The molecular formula is C10H18ClN5O. The number of halogens is 1. The first-order valence-electron chi connectivity index (χ1n) is 5.54. The summed E-state index contributed by atoms with van der Waals surface area (Å²) >= 11 is 5.79. The van der Waals surface area contributed by atoms with Crippen molar-refractivity contribution in [3.8, 4) is 0 Å². The number of hydrogen-bond acceptors (Lipinski definition) is 6. The second-order valence-electron chi connectivity index (χ2n) is 3.59. The molecule has 0 radical (unpaired) electrons. The monoisotopic (exact) mass is 259 g/mol. The number of anilines is 2. The molecular weight excluding hydrogens is 242 g/mol. The summed E-state index contributed by atoms with van der Waals surface area (Å²) in [4.78, 5) is 12.1. The number of nitrogens with one attached hydrogen (secondary N) is 2. The highest BCUT2D eigenvalue weighted by molar-refractivity contribution is 6.28. The van der Waals surface area contributed by atoms with E-state index in [9.17, 15) is 0 Å². The smallest absolute Gasteiger partial charge is 0.229 e. The number of methoxy groups -OCH3 is 1. The van der Waals surface area contributed by atoms with E-state index in [1.54, 1.807) is 14.2 Å². The highest BCUT2D eigenvalue weighted by atomic mass is 35.5. The van der Waals surface area contributed by atoms with Gasteiger partial charge in [-0.05, 0) is 18.0 Å². The standard InChI is InChI=1S/C10H18ClN5O/c1-4-5-7(6-17-3)13-10-15-8(11)14-9(12-2)16-10/h7H,4-6H2,1-3H3,(H2,12,13,14,15,16). The molecule has 1 rings (SSSR count). The van der Waals surface area contributed by atoms with E-state index in [2.05, 4.69) is 32.5 Å². The quantitative estimate of drug-likeness (QED) is 0.778. The molecule has 1 unspecified atom stereocenters. The zero-order chi connectivity index (χ0) is 12.7. The molecule has 1 atom stereocenters. The van der Waals surface area contributed by atoms with Gasteiger partial charge in [-0.25, -0.2) is 0 Å². The van der Waals surface area contributed by atoms with Crippen LogP contribution >= 0.6 is 11.6 Å². The van der Waals surface area contributed by atoms with Crippen LogP contribution in [0, 0.1) is 0 Å². The molecule has 0 saturated carbocycles. The van der Waals surface area contributed by atoms with E-state index in [1.165, 1.54) is 0 Å². The van der Waals surface area contributed by atoms with Crippen molar-refractivity contribution >= 4 is 23.5 Å². The zero-order valence-electron chi connectivity index (χ0n) is 10.3. The van der Waals surface area contributed by atoms with Gasteiger partial charge in [0.05, 0.1) is 12.6 Å². The van der Waals surface area contributed by atoms with Crippen LogP contribution in [-0.2, 0) is 4.74 Å². The SMILES string of the molecule is CCCC(COC)Nc1nc(Cl)nc(NC)n1. The van der Waals surface area contributed by atoms with Crippen molar-refractivity contribution in [1.29, 1.82) is 0 Å². The largest absolute Gasteiger partial charge is 0.383 e. The lowest BCUT2D eigenvalue weighted by atomic mass is 10.2. The van der Waals surface area contributed by atoms with Crippen LogP contribution in [0.15, 0.2) is 0 Å². The van der Waals surface area contributed by atoms with Crippen molar-refractivity contribution in [2.45, 2.75) is 25.8 Å². The minimum Gasteiger partial charge on any atom is -0.383 e. The van der Waals surface area contributed by atoms with Crippen molar-refractivity contribution in [2.75, 3.05) is 31.4 Å². The number of nitrogens with zero attached hydrogens (tertiary/aromatic N) is 3. The highest BCUT2D eigenvalue weighted by Crippen LogP contribution is 2.11. The maximum Gasteiger partial charge on any atom is 0.229 e. The summed E-state index contributed by atoms with van der Waals surface area (Å²) in [5.41, 5.74) is 0. The Balaban J connectivity index is 2.73. The molecule has 1 heterocycles. The molecule has 0 saturated heterocycles. The number of ether oxygens (including phenoxy) is 1. The average molecular weight is 260 g/mol. The third kappa shape index (κ3) is 4.70. The summed E-state index contributed by atoms with van der Waals surface area (Å²) in [6.07, 6.45) is 2.03. The summed E-state index contributed by atoms with van der Waals surface area (Å²) < 4.78 is 5.13. The molecule has 2 N–H and O–H groups in total. The van der Waals surface area contributed by atoms with Crippen LogP contribution in [-0.4, -0.2) is 41.8 Å². The Kier molecular flexibility index (Phi) is 5.93. The van der Waals surface area contributed by atoms with Gasteiger partial charge in [-0.1, -0.05) is 13.3 Å². The fourth-order valence-electron chi connectivity index (χ4n) is 1.46. The summed E-state index contributed by atoms with van der Waals surface area (Å²) in [7, 11) is 3.40. The van der Waals surface area contributed by atoms with Crippen LogP contribution in [0.1, 0.15) is 19.8 Å². The Morgan fingerprint density at radius 1 is 1.29 bits per heavy atom. The van der Waals surface area contributed by atoms with E-state index in [4.69, 9.17) is 16.3 Å². The Hall–Kier alpha value is -1.14. The predicted octanol–water partition coefficient (Wildman–Crippen LogP) is 1.79. The molecule has 0 spiro atoms. The Morgan fingerprint density at radius 3 is 2.59 bits per heavy atom. The van der Waals surface area contributed by atoms with E-state index in [-0.39, 0.29) is 11.3 Å². The van der Waals surface area contributed by atoms with Crippen molar-refractivity contribution < 1.29 is 4.74 Å². The van der Waals surface area contributed by atoms with Gasteiger partial charge in [-0.3, -0.25) is 0 Å². The highest BCUT2D eigenvalue weighted by Gasteiger charge is 2.10. The van der Waals surface area contributed by atoms with E-state index in [1.807, 2.05) is 0 Å². The maximum absolute atomic E-state index is 5.79. The van der Waals surface area contributed by atoms with Crippen LogP contribution in [0.3, 0.4) is 0 Å². The van der Waals surface area contributed by atoms with Crippen molar-refractivity contribution in [3.63, 3.8) is 0 Å². The number of rotatable bonds is 7. The van der Waals surface area contributed by atoms with Crippen LogP contribution in [0.2, 0.25) is 5.28 Å². The zero-order valence-corrected chi connectivity index (χ0v) is 11.1. The van der Waals surface area contributed by atoms with Crippen molar-refractivity contribution in [1.82, 2.24) is 15.0 Å². The summed E-state index contributed by atoms with van der Waals surface area (Å²) in [5.74, 6) is 0.907. The van der Waals surface area contributed by atoms with Crippen molar-refractivity contribution in [2.24, 2.45) is 0 Å². The minimum absolute atomic E-state index is 0.166. The van der Waals surface area contributed by atoms with Gasteiger partial charge in [0.2, 0.25) is 17.2 Å². The maximum atomic E-state index is 5.79. The Labute approximate surface area is 106 Å². The molecule has 0 fully saturated rings. The topological polar surface area (TPSA) is 72.0 Å². The van der Waals surface area contributed by atoms with E-state index in [0.717, 1.165) is 12.8 Å². The third-order valence-corrected chi connectivity index (χ3v) is 2.34. The molecule has 7 heteroatoms. The van der Waals surface area contributed by atoms with E-state index >= 15 is 0 Å². The lowest BCUT2D eigenvalue weighted by molar-refractivity contribution is 0.182. The van der Waals surface area contributed by atoms with Gasteiger partial charge in [-0.15, -0.1) is 0 Å². The molecule has 1 aromatic rings. The predicted molar refractivity (Wildman–Crippen MR) is 68.6 cm³/mol. The van der Waals surface area contributed by atoms with Gasteiger partial charge < -0.3 is 15.4 Å². The molecule has 0 aliphatic carbocycles. The lowest BCUT2D eigenvalue weighted by Crippen LogP contribution is -2.26. The van der Waals surface area contributed by atoms with Crippen LogP contribution in [0.25, 0.3) is 0 Å². The lowest BCUT2D eigenvalue weighted by Gasteiger charge is -2.17. The fraction of sp³-hybridized carbons (Fsp3) is 0.700. The molecule has 0 aliphatic rings. The van der Waals surface area contributed by atoms with Crippen LogP contribution in [0.5, 0.6) is 0 Å². The summed E-state index contributed by atoms with van der Waals surface area (Å²) in [6, 6.07) is 0.174. The molecule has 1 aromatic heterocycles. The van der Waals surface area contributed by atoms with Gasteiger partial charge in [0.1, 0.15) is 0 Å². The molecule has 96 valence electrons. The normalized spacial score (nSPS) is 12.2. The minimum atomic E-state index is 0.166. The Morgan fingerprint density at radius 2 is 2.00 bits per heavy atom. The van der Waals surface area contributed by atoms with Crippen molar-refractivity contribution in [3.05, 3.63) is 5.28 Å². The first kappa shape index (κ1) is 13.9. The molecule has 0 aromatic carbocycles. The summed E-state index contributed by atoms with van der Waals surface area (Å²) in [5, 5.41) is 6.18. The molecule has 6 nitrogen and oxygen atoms in total. The average Bonchev–Trinajstić information content (AvgIpc) is 2.29. The Bertz CT molecular complexity index is 343. The van der Waals surface area contributed by atoms with Gasteiger partial charge in [-0.2, -0.15) is 15.0 Å². The summed E-state index contributed by atoms with van der Waals surface area (Å²) in [6.45, 7) is 2.72. The van der Waals surface area contributed by atoms with Crippen LogP contribution < -0.4 is 10.6 Å². The van der Waals surface area contributed by atoms with Gasteiger partial charge in [0, 0.05) is 14.2 Å². The first-order valence-corrected chi connectivity index (χ1v) is 5.92. The van der Waals surface area contributed by atoms with E-state index < -0.39 is 0 Å². The van der Waals surface area contributed by atoms with Gasteiger partial charge in [0.15, 0.2) is 0 Å². The second-order valence-corrected chi connectivity index (χ2v) is 3.92. The number of aromatic nitrogens is 3. The molecule has 17 heavy (non-hydrogen) atoms. The molecule has 0 bridgehead atoms. The number of hydrogen-bond donors (Lipinski definition) is 2.